The van der Waals surface area contributed by atoms with Crippen LogP contribution >= 0.6 is 11.6 Å². The maximum Gasteiger partial charge on any atom is 0.322 e. The molecule has 114 valence electrons. The predicted octanol–water partition coefficient (Wildman–Crippen LogP) is 3.95. The lowest BCUT2D eigenvalue weighted by Crippen LogP contribution is -2.44. The Morgan fingerprint density at radius 1 is 1.18 bits per heavy atom. The van der Waals surface area contributed by atoms with Crippen LogP contribution in [0.15, 0.2) is 54.6 Å². The Balaban J connectivity index is 1.65. The molecule has 1 aliphatic heterocycles. The average Bonchev–Trinajstić information content (AvgIpc) is 2.56. The second kappa shape index (κ2) is 6.81. The fourth-order valence-corrected chi connectivity index (χ4v) is 2.66. The number of anilines is 1. The minimum Gasteiger partial charge on any atom is -0.370 e. The topological polar surface area (TPSA) is 41.6 Å². The highest BCUT2D eigenvalue weighted by Crippen LogP contribution is 2.23. The number of rotatable bonds is 2. The Kier molecular flexibility index (Phi) is 4.61. The van der Waals surface area contributed by atoms with Gasteiger partial charge in [0.1, 0.15) is 6.10 Å². The number of hydrogen-bond donors (Lipinski definition) is 1. The van der Waals surface area contributed by atoms with E-state index in [1.54, 1.807) is 17.0 Å². The van der Waals surface area contributed by atoms with Crippen LogP contribution in [0.25, 0.3) is 0 Å². The third-order valence-corrected chi connectivity index (χ3v) is 3.84. The number of nitrogens with one attached hydrogen (secondary N) is 1. The molecule has 2 amide bonds. The van der Waals surface area contributed by atoms with E-state index in [9.17, 15) is 4.79 Å². The maximum absolute atomic E-state index is 12.4. The molecule has 0 radical (unpaired) electrons. The molecule has 1 atom stereocenters. The van der Waals surface area contributed by atoms with E-state index < -0.39 is 0 Å². The van der Waals surface area contributed by atoms with Crippen molar-refractivity contribution in [2.45, 2.75) is 6.10 Å². The molecule has 0 bridgehead atoms. The number of benzene rings is 2. The number of carbonyl (C=O) groups excluding carboxylic acids is 1. The summed E-state index contributed by atoms with van der Waals surface area (Å²) in [6.45, 7) is 1.65. The van der Waals surface area contributed by atoms with Gasteiger partial charge in [-0.25, -0.2) is 4.79 Å². The Morgan fingerprint density at radius 2 is 2.00 bits per heavy atom. The molecule has 0 aromatic heterocycles. The highest BCUT2D eigenvalue weighted by Gasteiger charge is 2.25. The molecule has 1 saturated heterocycles. The van der Waals surface area contributed by atoms with Crippen LogP contribution in [0.3, 0.4) is 0 Å². The lowest BCUT2D eigenvalue weighted by molar-refractivity contribution is -0.0135. The largest absolute Gasteiger partial charge is 0.370 e. The van der Waals surface area contributed by atoms with Crippen LogP contribution in [-0.2, 0) is 4.74 Å². The smallest absolute Gasteiger partial charge is 0.322 e. The summed E-state index contributed by atoms with van der Waals surface area (Å²) in [6, 6.07) is 17.0. The highest BCUT2D eigenvalue weighted by molar-refractivity contribution is 6.30. The molecule has 22 heavy (non-hydrogen) atoms. The van der Waals surface area contributed by atoms with Crippen molar-refractivity contribution in [2.75, 3.05) is 25.0 Å². The van der Waals surface area contributed by atoms with Crippen LogP contribution in [0.1, 0.15) is 11.7 Å². The van der Waals surface area contributed by atoms with Gasteiger partial charge in [-0.15, -0.1) is 0 Å². The molecule has 3 rings (SSSR count). The quantitative estimate of drug-likeness (QED) is 0.911. The number of carbonyl (C=O) groups is 1. The zero-order valence-electron chi connectivity index (χ0n) is 12.0. The molecular formula is C17H17ClN2O2. The van der Waals surface area contributed by atoms with Crippen molar-refractivity contribution in [2.24, 2.45) is 0 Å². The molecule has 4 nitrogen and oxygen atoms in total. The third-order valence-electron chi connectivity index (χ3n) is 3.60. The molecule has 2 aromatic rings. The normalized spacial score (nSPS) is 18.0. The van der Waals surface area contributed by atoms with Gasteiger partial charge < -0.3 is 15.0 Å². The minimum absolute atomic E-state index is 0.0833. The fourth-order valence-electron chi connectivity index (χ4n) is 2.47. The van der Waals surface area contributed by atoms with Crippen molar-refractivity contribution in [1.29, 1.82) is 0 Å². The summed E-state index contributed by atoms with van der Waals surface area (Å²) in [5, 5.41) is 3.47. The molecule has 0 aliphatic carbocycles. The maximum atomic E-state index is 12.4. The number of urea groups is 1. The van der Waals surface area contributed by atoms with Crippen LogP contribution in [0, 0.1) is 0 Å². The highest BCUT2D eigenvalue weighted by atomic mass is 35.5. The van der Waals surface area contributed by atoms with Gasteiger partial charge in [-0.2, -0.15) is 0 Å². The second-order valence-corrected chi connectivity index (χ2v) is 5.59. The Hall–Kier alpha value is -2.04. The summed E-state index contributed by atoms with van der Waals surface area (Å²) in [5.41, 5.74) is 1.78. The standard InChI is InChI=1S/C17H17ClN2O2/c18-14-7-4-8-15(11-14)19-17(21)20-9-10-22-16(12-20)13-5-2-1-3-6-13/h1-8,11,16H,9-10,12H2,(H,19,21). The van der Waals surface area contributed by atoms with Gasteiger partial charge in [-0.1, -0.05) is 48.0 Å². The number of hydrogen-bond acceptors (Lipinski definition) is 2. The van der Waals surface area contributed by atoms with Crippen molar-refractivity contribution in [1.82, 2.24) is 4.90 Å². The van der Waals surface area contributed by atoms with Crippen molar-refractivity contribution >= 4 is 23.3 Å². The molecule has 5 heteroatoms. The predicted molar refractivity (Wildman–Crippen MR) is 87.2 cm³/mol. The van der Waals surface area contributed by atoms with E-state index in [2.05, 4.69) is 5.32 Å². The van der Waals surface area contributed by atoms with Crippen LogP contribution in [0.4, 0.5) is 10.5 Å². The van der Waals surface area contributed by atoms with Gasteiger partial charge in [0.25, 0.3) is 0 Å². The third kappa shape index (κ3) is 3.59. The minimum atomic E-state index is -0.133. The number of halogens is 1. The van der Waals surface area contributed by atoms with E-state index >= 15 is 0 Å². The first-order valence-corrected chi connectivity index (χ1v) is 7.58. The summed E-state index contributed by atoms with van der Waals surface area (Å²) < 4.78 is 5.77. The Morgan fingerprint density at radius 3 is 2.77 bits per heavy atom. The van der Waals surface area contributed by atoms with Crippen LogP contribution in [-0.4, -0.2) is 30.6 Å². The van der Waals surface area contributed by atoms with Crippen LogP contribution < -0.4 is 5.32 Å². The summed E-state index contributed by atoms with van der Waals surface area (Å²) in [4.78, 5) is 14.1. The summed E-state index contributed by atoms with van der Waals surface area (Å²) >= 11 is 5.93. The molecule has 1 unspecified atom stereocenters. The molecule has 1 aliphatic rings. The SMILES string of the molecule is O=C(Nc1cccc(Cl)c1)N1CCOC(c2ccccc2)C1. The van der Waals surface area contributed by atoms with Gasteiger partial charge in [-0.05, 0) is 23.8 Å². The molecular weight excluding hydrogens is 300 g/mol. The lowest BCUT2D eigenvalue weighted by atomic mass is 10.1. The molecule has 1 N–H and O–H groups in total. The first kappa shape index (κ1) is 14.9. The molecule has 0 spiro atoms. The molecule has 1 fully saturated rings. The van der Waals surface area contributed by atoms with E-state index in [1.165, 1.54) is 0 Å². The van der Waals surface area contributed by atoms with Gasteiger partial charge in [0, 0.05) is 17.3 Å². The van der Waals surface area contributed by atoms with Crippen LogP contribution in [0.5, 0.6) is 0 Å². The zero-order valence-corrected chi connectivity index (χ0v) is 12.8. The lowest BCUT2D eigenvalue weighted by Gasteiger charge is -2.33. The zero-order chi connectivity index (χ0) is 15.4. The Bertz CT molecular complexity index is 648. The number of amides is 2. The fraction of sp³-hybridized carbons (Fsp3) is 0.235. The first-order valence-electron chi connectivity index (χ1n) is 7.20. The number of morpholine rings is 1. The Labute approximate surface area is 134 Å². The summed E-state index contributed by atoms with van der Waals surface area (Å²) in [6.07, 6.45) is -0.0833. The monoisotopic (exact) mass is 316 g/mol. The number of ether oxygens (including phenoxy) is 1. The number of nitrogens with zero attached hydrogens (tertiary/aromatic N) is 1. The average molecular weight is 317 g/mol. The van der Waals surface area contributed by atoms with E-state index in [4.69, 9.17) is 16.3 Å². The first-order chi connectivity index (χ1) is 10.7. The summed E-state index contributed by atoms with van der Waals surface area (Å²) in [7, 11) is 0. The van der Waals surface area contributed by atoms with Gasteiger partial charge >= 0.3 is 6.03 Å². The van der Waals surface area contributed by atoms with Gasteiger partial charge in [0.15, 0.2) is 0 Å². The molecule has 0 saturated carbocycles. The van der Waals surface area contributed by atoms with E-state index in [0.29, 0.717) is 30.4 Å². The summed E-state index contributed by atoms with van der Waals surface area (Å²) in [5.74, 6) is 0. The molecule has 1 heterocycles. The second-order valence-electron chi connectivity index (χ2n) is 5.16. The van der Waals surface area contributed by atoms with E-state index in [-0.39, 0.29) is 12.1 Å². The van der Waals surface area contributed by atoms with Gasteiger partial charge in [0.2, 0.25) is 0 Å². The van der Waals surface area contributed by atoms with Crippen molar-refractivity contribution < 1.29 is 9.53 Å². The van der Waals surface area contributed by atoms with Gasteiger partial charge in [0.05, 0.1) is 13.2 Å². The van der Waals surface area contributed by atoms with Crippen LogP contribution in [0.2, 0.25) is 5.02 Å². The van der Waals surface area contributed by atoms with Crippen molar-refractivity contribution in [3.8, 4) is 0 Å². The van der Waals surface area contributed by atoms with E-state index in [0.717, 1.165) is 5.56 Å². The molecule has 2 aromatic carbocycles. The van der Waals surface area contributed by atoms with Crippen molar-refractivity contribution in [3.05, 3.63) is 65.2 Å². The van der Waals surface area contributed by atoms with E-state index in [1.807, 2.05) is 42.5 Å². The van der Waals surface area contributed by atoms with Crippen molar-refractivity contribution in [3.63, 3.8) is 0 Å². The van der Waals surface area contributed by atoms with Gasteiger partial charge in [-0.3, -0.25) is 0 Å².